The van der Waals surface area contributed by atoms with Crippen LogP contribution in [0, 0.1) is 0 Å². The van der Waals surface area contributed by atoms with Gasteiger partial charge in [0.1, 0.15) is 0 Å². The Morgan fingerprint density at radius 1 is 1.25 bits per heavy atom. The van der Waals surface area contributed by atoms with Crippen LogP contribution in [-0.2, 0) is 0 Å². The minimum Gasteiger partial charge on any atom is -0.236 e. The summed E-state index contributed by atoms with van der Waals surface area (Å²) in [5.74, 6) is 0. The normalized spacial score (nSPS) is 20.5. The van der Waals surface area contributed by atoms with E-state index >= 15 is 0 Å². The van der Waals surface area contributed by atoms with E-state index in [9.17, 15) is 13.2 Å². The third-order valence-electron chi connectivity index (χ3n) is 1.86. The third kappa shape index (κ3) is 2.40. The molecule has 1 aliphatic rings. The largest absolute Gasteiger partial charge is 0.273 e. The molecule has 0 fully saturated rings. The Hall–Kier alpha value is -0.730. The number of rotatable bonds is 2. The second kappa shape index (κ2) is 4.33. The first-order valence-corrected chi connectivity index (χ1v) is 3.99. The maximum absolute atomic E-state index is 12.7. The number of halogens is 3. The van der Waals surface area contributed by atoms with Crippen LogP contribution in [0.2, 0.25) is 0 Å². The monoisotopic (exact) mass is 176 g/mol. The maximum Gasteiger partial charge on any atom is 0.273 e. The molecule has 0 N–H and O–H groups in total. The molecule has 1 atom stereocenters. The topological polar surface area (TPSA) is 0 Å². The van der Waals surface area contributed by atoms with E-state index in [2.05, 4.69) is 0 Å². The van der Waals surface area contributed by atoms with Gasteiger partial charge < -0.3 is 0 Å². The second-order valence-electron chi connectivity index (χ2n) is 2.80. The molecule has 0 aliphatic heterocycles. The van der Waals surface area contributed by atoms with Crippen molar-refractivity contribution < 1.29 is 13.2 Å². The summed E-state index contributed by atoms with van der Waals surface area (Å²) >= 11 is 0. The predicted octanol–water partition coefficient (Wildman–Crippen LogP) is 3.26. The van der Waals surface area contributed by atoms with E-state index < -0.39 is 12.6 Å². The highest BCUT2D eigenvalue weighted by atomic mass is 19.3. The van der Waals surface area contributed by atoms with Crippen molar-refractivity contribution in [1.29, 1.82) is 0 Å². The van der Waals surface area contributed by atoms with Crippen LogP contribution >= 0.6 is 0 Å². The molecule has 0 aromatic carbocycles. The first-order chi connectivity index (χ1) is 5.72. The van der Waals surface area contributed by atoms with Crippen LogP contribution in [0.5, 0.6) is 0 Å². The second-order valence-corrected chi connectivity index (χ2v) is 2.80. The van der Waals surface area contributed by atoms with Crippen molar-refractivity contribution >= 4 is 0 Å². The smallest absolute Gasteiger partial charge is 0.236 e. The van der Waals surface area contributed by atoms with Crippen LogP contribution in [0.1, 0.15) is 19.3 Å². The van der Waals surface area contributed by atoms with Crippen LogP contribution in [0.3, 0.4) is 0 Å². The SMILES string of the molecule is FC(F)C(F)C1=CC=CCCC1. The third-order valence-corrected chi connectivity index (χ3v) is 1.86. The molecule has 0 nitrogen and oxygen atoms in total. The van der Waals surface area contributed by atoms with Gasteiger partial charge in [-0.15, -0.1) is 0 Å². The standard InChI is InChI=1S/C9H11F3/c10-8(9(11)12)7-5-3-1-2-4-6-7/h1,3,5,8-9H,2,4,6H2. The van der Waals surface area contributed by atoms with Crippen LogP contribution in [0.15, 0.2) is 23.8 Å². The highest BCUT2D eigenvalue weighted by molar-refractivity contribution is 5.19. The Morgan fingerprint density at radius 3 is 2.67 bits per heavy atom. The first kappa shape index (κ1) is 9.36. The van der Waals surface area contributed by atoms with E-state index in [1.807, 2.05) is 6.08 Å². The van der Waals surface area contributed by atoms with Crippen molar-refractivity contribution in [3.63, 3.8) is 0 Å². The van der Waals surface area contributed by atoms with Gasteiger partial charge in [0.2, 0.25) is 0 Å². The zero-order chi connectivity index (χ0) is 8.97. The summed E-state index contributed by atoms with van der Waals surface area (Å²) < 4.78 is 36.6. The zero-order valence-corrected chi connectivity index (χ0v) is 6.64. The Balaban J connectivity index is 2.60. The Bertz CT molecular complexity index is 194. The molecule has 0 bridgehead atoms. The van der Waals surface area contributed by atoms with Gasteiger partial charge in [-0.2, -0.15) is 0 Å². The van der Waals surface area contributed by atoms with Crippen molar-refractivity contribution in [1.82, 2.24) is 0 Å². The van der Waals surface area contributed by atoms with Crippen LogP contribution in [-0.4, -0.2) is 12.6 Å². The molecule has 0 heterocycles. The summed E-state index contributed by atoms with van der Waals surface area (Å²) in [4.78, 5) is 0. The molecule has 1 rings (SSSR count). The van der Waals surface area contributed by atoms with Crippen molar-refractivity contribution in [2.75, 3.05) is 0 Å². The quantitative estimate of drug-likeness (QED) is 0.605. The molecular weight excluding hydrogens is 165 g/mol. The fraction of sp³-hybridized carbons (Fsp3) is 0.556. The van der Waals surface area contributed by atoms with Gasteiger partial charge in [0.25, 0.3) is 6.43 Å². The molecule has 0 aromatic heterocycles. The number of hydrogen-bond acceptors (Lipinski definition) is 0. The van der Waals surface area contributed by atoms with E-state index in [0.717, 1.165) is 12.8 Å². The minimum absolute atomic E-state index is 0.221. The van der Waals surface area contributed by atoms with Crippen LogP contribution in [0.25, 0.3) is 0 Å². The van der Waals surface area contributed by atoms with Gasteiger partial charge in [0.15, 0.2) is 6.17 Å². The molecule has 12 heavy (non-hydrogen) atoms. The van der Waals surface area contributed by atoms with Gasteiger partial charge in [-0.25, -0.2) is 13.2 Å². The molecule has 0 saturated carbocycles. The molecule has 68 valence electrons. The van der Waals surface area contributed by atoms with E-state index in [0.29, 0.717) is 6.42 Å². The molecule has 0 amide bonds. The lowest BCUT2D eigenvalue weighted by Gasteiger charge is -2.09. The van der Waals surface area contributed by atoms with E-state index in [1.54, 1.807) is 6.08 Å². The Kier molecular flexibility index (Phi) is 3.38. The molecule has 1 aliphatic carbocycles. The molecule has 1 unspecified atom stereocenters. The van der Waals surface area contributed by atoms with Gasteiger partial charge in [-0.1, -0.05) is 18.2 Å². The van der Waals surface area contributed by atoms with Crippen molar-refractivity contribution in [3.05, 3.63) is 23.8 Å². The number of alkyl halides is 3. The summed E-state index contributed by atoms with van der Waals surface area (Å²) in [7, 11) is 0. The van der Waals surface area contributed by atoms with Crippen molar-refractivity contribution in [3.8, 4) is 0 Å². The fourth-order valence-electron chi connectivity index (χ4n) is 1.19. The lowest BCUT2D eigenvalue weighted by molar-refractivity contribution is 0.0674. The highest BCUT2D eigenvalue weighted by Crippen LogP contribution is 2.22. The van der Waals surface area contributed by atoms with Gasteiger partial charge in [0.05, 0.1) is 0 Å². The van der Waals surface area contributed by atoms with Crippen LogP contribution in [0.4, 0.5) is 13.2 Å². The minimum atomic E-state index is -2.89. The summed E-state index contributed by atoms with van der Waals surface area (Å²) in [6.07, 6.45) is 2.06. The van der Waals surface area contributed by atoms with Gasteiger partial charge in [-0.05, 0) is 24.8 Å². The lowest BCUT2D eigenvalue weighted by Crippen LogP contribution is -2.14. The fourth-order valence-corrected chi connectivity index (χ4v) is 1.19. The van der Waals surface area contributed by atoms with Gasteiger partial charge >= 0.3 is 0 Å². The van der Waals surface area contributed by atoms with Crippen molar-refractivity contribution in [2.45, 2.75) is 31.9 Å². The predicted molar refractivity (Wildman–Crippen MR) is 42.0 cm³/mol. The highest BCUT2D eigenvalue weighted by Gasteiger charge is 2.23. The maximum atomic E-state index is 12.7. The van der Waals surface area contributed by atoms with Gasteiger partial charge in [-0.3, -0.25) is 0 Å². The summed E-state index contributed by atoms with van der Waals surface area (Å²) in [5.41, 5.74) is 0.221. The number of allylic oxidation sites excluding steroid dienone is 4. The first-order valence-electron chi connectivity index (χ1n) is 3.99. The molecular formula is C9H11F3. The average molecular weight is 176 g/mol. The molecule has 0 radical (unpaired) electrons. The Labute approximate surface area is 69.8 Å². The number of hydrogen-bond donors (Lipinski definition) is 0. The van der Waals surface area contributed by atoms with E-state index in [4.69, 9.17) is 0 Å². The van der Waals surface area contributed by atoms with E-state index in [1.165, 1.54) is 6.08 Å². The molecule has 0 saturated heterocycles. The van der Waals surface area contributed by atoms with Gasteiger partial charge in [0, 0.05) is 0 Å². The average Bonchev–Trinajstić information content (AvgIpc) is 2.30. The molecule has 0 aromatic rings. The molecule has 0 spiro atoms. The summed E-state index contributed by atoms with van der Waals surface area (Å²) in [6, 6.07) is 0. The zero-order valence-electron chi connectivity index (χ0n) is 6.64. The van der Waals surface area contributed by atoms with E-state index in [-0.39, 0.29) is 5.57 Å². The van der Waals surface area contributed by atoms with Crippen LogP contribution < -0.4 is 0 Å². The summed E-state index contributed by atoms with van der Waals surface area (Å²) in [6.45, 7) is 0. The lowest BCUT2D eigenvalue weighted by atomic mass is 10.1. The molecule has 3 heteroatoms. The van der Waals surface area contributed by atoms with Crippen molar-refractivity contribution in [2.24, 2.45) is 0 Å². The summed E-state index contributed by atoms with van der Waals surface area (Å²) in [5, 5.41) is 0. The Morgan fingerprint density at radius 2 is 2.00 bits per heavy atom.